The Bertz CT molecular complexity index is 1120. The van der Waals surface area contributed by atoms with Crippen LogP contribution in [0.5, 0.6) is 11.5 Å². The molecule has 31 heavy (non-hydrogen) atoms. The highest BCUT2D eigenvalue weighted by Gasteiger charge is 2.46. The van der Waals surface area contributed by atoms with E-state index in [-0.39, 0.29) is 5.57 Å². The lowest BCUT2D eigenvalue weighted by Crippen LogP contribution is -2.30. The second-order valence-electron chi connectivity index (χ2n) is 6.53. The van der Waals surface area contributed by atoms with Crippen molar-refractivity contribution in [2.24, 2.45) is 0 Å². The topological polar surface area (TPSA) is 89.0 Å². The lowest BCUT2D eigenvalue weighted by atomic mass is 9.95. The number of Topliss-reactive ketones (excluding diaryl/α,β-unsaturated/α-hetero) is 1. The molecule has 3 aromatic rings. The van der Waals surface area contributed by atoms with Crippen molar-refractivity contribution in [3.05, 3.63) is 69.1 Å². The van der Waals surface area contributed by atoms with Gasteiger partial charge in [0.25, 0.3) is 5.91 Å². The Hall–Kier alpha value is -3.17. The number of aliphatic hydroxyl groups is 1. The molecule has 0 saturated carbocycles. The summed E-state index contributed by atoms with van der Waals surface area (Å²) in [5.74, 6) is -0.547. The lowest BCUT2D eigenvalue weighted by molar-refractivity contribution is -0.117. The summed E-state index contributed by atoms with van der Waals surface area (Å²) in [5.41, 5.74) is 0.633. The molecule has 1 amide bonds. The zero-order chi connectivity index (χ0) is 22.0. The minimum atomic E-state index is -0.844. The van der Waals surface area contributed by atoms with Crippen molar-refractivity contribution in [2.45, 2.75) is 19.9 Å². The molecule has 0 bridgehead atoms. The van der Waals surface area contributed by atoms with Crippen LogP contribution in [0.2, 0.25) is 0 Å². The second kappa shape index (κ2) is 8.91. The SMILES string of the molecule is CCOc1ccc(C2C(C(=O)c3cccs3)=C(O)C(=O)N2c2nccs2)cc1OCC. The number of thiazole rings is 1. The van der Waals surface area contributed by atoms with Crippen molar-refractivity contribution in [3.63, 3.8) is 0 Å². The van der Waals surface area contributed by atoms with Crippen LogP contribution in [0.4, 0.5) is 5.13 Å². The maximum atomic E-state index is 13.3. The number of hydrogen-bond donors (Lipinski definition) is 1. The maximum Gasteiger partial charge on any atom is 0.296 e. The average molecular weight is 457 g/mol. The molecule has 7 nitrogen and oxygen atoms in total. The third kappa shape index (κ3) is 3.82. The van der Waals surface area contributed by atoms with Crippen LogP contribution < -0.4 is 14.4 Å². The number of rotatable bonds is 8. The van der Waals surface area contributed by atoms with E-state index in [0.29, 0.717) is 40.3 Å². The largest absolute Gasteiger partial charge is 0.503 e. The maximum absolute atomic E-state index is 13.3. The molecule has 0 aliphatic carbocycles. The molecule has 0 spiro atoms. The minimum absolute atomic E-state index is 0.0225. The van der Waals surface area contributed by atoms with Crippen LogP contribution in [0.15, 0.2) is 58.6 Å². The number of carbonyl (C=O) groups excluding carboxylic acids is 2. The zero-order valence-corrected chi connectivity index (χ0v) is 18.5. The number of hydrogen-bond acceptors (Lipinski definition) is 8. The van der Waals surface area contributed by atoms with Crippen molar-refractivity contribution in [3.8, 4) is 11.5 Å². The zero-order valence-electron chi connectivity index (χ0n) is 16.9. The highest BCUT2D eigenvalue weighted by atomic mass is 32.1. The molecule has 1 aliphatic heterocycles. The van der Waals surface area contributed by atoms with Gasteiger partial charge < -0.3 is 14.6 Å². The average Bonchev–Trinajstić information content (AvgIpc) is 3.52. The van der Waals surface area contributed by atoms with Gasteiger partial charge in [0.15, 0.2) is 22.4 Å². The van der Waals surface area contributed by atoms with Crippen LogP contribution in [0.25, 0.3) is 0 Å². The Balaban J connectivity index is 1.86. The summed E-state index contributed by atoms with van der Waals surface area (Å²) in [7, 11) is 0. The number of anilines is 1. The molecule has 9 heteroatoms. The van der Waals surface area contributed by atoms with Gasteiger partial charge in [-0.05, 0) is 43.0 Å². The van der Waals surface area contributed by atoms with Crippen LogP contribution in [0.1, 0.15) is 35.1 Å². The van der Waals surface area contributed by atoms with Crippen molar-refractivity contribution in [2.75, 3.05) is 18.1 Å². The van der Waals surface area contributed by atoms with E-state index < -0.39 is 23.5 Å². The van der Waals surface area contributed by atoms with Gasteiger partial charge in [0.2, 0.25) is 5.78 Å². The minimum Gasteiger partial charge on any atom is -0.503 e. The third-order valence-electron chi connectivity index (χ3n) is 4.71. The number of benzene rings is 1. The Morgan fingerprint density at radius 3 is 2.55 bits per heavy atom. The Labute approximate surface area is 187 Å². The van der Waals surface area contributed by atoms with Crippen molar-refractivity contribution in [1.82, 2.24) is 4.98 Å². The first kappa shape index (κ1) is 21.1. The summed E-state index contributed by atoms with van der Waals surface area (Å²) < 4.78 is 11.4. The van der Waals surface area contributed by atoms with Gasteiger partial charge in [0.1, 0.15) is 0 Å². The van der Waals surface area contributed by atoms with Gasteiger partial charge in [0.05, 0.1) is 29.7 Å². The third-order valence-corrected chi connectivity index (χ3v) is 6.35. The molecule has 160 valence electrons. The van der Waals surface area contributed by atoms with Gasteiger partial charge in [-0.15, -0.1) is 22.7 Å². The standard InChI is InChI=1S/C22H20N2O5S2/c1-3-28-14-8-7-13(12-15(14)29-4-2)18-17(19(25)16-6-5-10-30-16)20(26)21(27)24(18)22-23-9-11-31-22/h5-12,18,26H,3-4H2,1-2H3. The van der Waals surface area contributed by atoms with Gasteiger partial charge in [0, 0.05) is 11.6 Å². The van der Waals surface area contributed by atoms with Crippen molar-refractivity contribution >= 4 is 39.5 Å². The normalized spacial score (nSPS) is 16.1. The van der Waals surface area contributed by atoms with Gasteiger partial charge in [-0.2, -0.15) is 0 Å². The van der Waals surface area contributed by atoms with Crippen molar-refractivity contribution < 1.29 is 24.2 Å². The first-order valence-corrected chi connectivity index (χ1v) is 11.5. The molecule has 1 aromatic carbocycles. The molecular weight excluding hydrogens is 436 g/mol. The van der Waals surface area contributed by atoms with E-state index >= 15 is 0 Å². The van der Waals surface area contributed by atoms with E-state index in [4.69, 9.17) is 9.47 Å². The van der Waals surface area contributed by atoms with Crippen LogP contribution in [0, 0.1) is 0 Å². The summed E-state index contributed by atoms with van der Waals surface area (Å²) >= 11 is 2.51. The highest BCUT2D eigenvalue weighted by Crippen LogP contribution is 2.44. The molecule has 0 radical (unpaired) electrons. The lowest BCUT2D eigenvalue weighted by Gasteiger charge is -2.25. The van der Waals surface area contributed by atoms with Crippen molar-refractivity contribution in [1.29, 1.82) is 0 Å². The first-order valence-electron chi connectivity index (χ1n) is 9.70. The number of nitrogens with zero attached hydrogens (tertiary/aromatic N) is 2. The number of ketones is 1. The molecule has 1 atom stereocenters. The first-order chi connectivity index (χ1) is 15.1. The van der Waals surface area contributed by atoms with E-state index in [1.54, 1.807) is 47.3 Å². The molecule has 0 fully saturated rings. The summed E-state index contributed by atoms with van der Waals surface area (Å²) in [6.07, 6.45) is 1.57. The van der Waals surface area contributed by atoms with E-state index in [0.717, 1.165) is 0 Å². The smallest absolute Gasteiger partial charge is 0.296 e. The fourth-order valence-electron chi connectivity index (χ4n) is 3.46. The number of aliphatic hydroxyl groups excluding tert-OH is 1. The van der Waals surface area contributed by atoms with Gasteiger partial charge in [-0.1, -0.05) is 12.1 Å². The van der Waals surface area contributed by atoms with Crippen LogP contribution in [-0.2, 0) is 4.79 Å². The monoisotopic (exact) mass is 456 g/mol. The number of ether oxygens (including phenoxy) is 2. The molecule has 1 N–H and O–H groups in total. The van der Waals surface area contributed by atoms with E-state index in [1.807, 2.05) is 13.8 Å². The van der Waals surface area contributed by atoms with E-state index in [2.05, 4.69) is 4.98 Å². The van der Waals surface area contributed by atoms with Gasteiger partial charge in [-0.25, -0.2) is 4.98 Å². The quantitative estimate of drug-likeness (QED) is 0.491. The highest BCUT2D eigenvalue weighted by molar-refractivity contribution is 7.14. The molecule has 3 heterocycles. The number of amides is 1. The Morgan fingerprint density at radius 2 is 1.90 bits per heavy atom. The molecule has 2 aromatic heterocycles. The fraction of sp³-hybridized carbons (Fsp3) is 0.227. The van der Waals surface area contributed by atoms with Gasteiger partial charge in [-0.3, -0.25) is 14.5 Å². The molecule has 4 rings (SSSR count). The molecule has 1 aliphatic rings. The molecule has 1 unspecified atom stereocenters. The van der Waals surface area contributed by atoms with Crippen LogP contribution in [-0.4, -0.2) is 35.0 Å². The van der Waals surface area contributed by atoms with E-state index in [9.17, 15) is 14.7 Å². The molecular formula is C22H20N2O5S2. The second-order valence-corrected chi connectivity index (χ2v) is 8.35. The summed E-state index contributed by atoms with van der Waals surface area (Å²) in [6, 6.07) is 7.84. The predicted octanol–water partition coefficient (Wildman–Crippen LogP) is 4.78. The van der Waals surface area contributed by atoms with Crippen LogP contribution >= 0.6 is 22.7 Å². The number of thiophene rings is 1. The molecule has 0 saturated heterocycles. The van der Waals surface area contributed by atoms with Crippen LogP contribution in [0.3, 0.4) is 0 Å². The van der Waals surface area contributed by atoms with Gasteiger partial charge >= 0.3 is 0 Å². The van der Waals surface area contributed by atoms with E-state index in [1.165, 1.54) is 27.6 Å². The summed E-state index contributed by atoms with van der Waals surface area (Å²) in [6.45, 7) is 4.63. The summed E-state index contributed by atoms with van der Waals surface area (Å²) in [4.78, 5) is 32.4. The fourth-order valence-corrected chi connectivity index (χ4v) is 4.81. The Kier molecular flexibility index (Phi) is 6.06. The number of carbonyl (C=O) groups is 2. The number of aromatic nitrogens is 1. The Morgan fingerprint density at radius 1 is 1.13 bits per heavy atom. The summed E-state index contributed by atoms with van der Waals surface area (Å²) in [5, 5.41) is 14.6. The predicted molar refractivity (Wildman–Crippen MR) is 119 cm³/mol.